The first-order valence-electron chi connectivity index (χ1n) is 23.6. The van der Waals surface area contributed by atoms with Gasteiger partial charge in [0.1, 0.15) is 57.5 Å². The molecule has 0 saturated carbocycles. The van der Waals surface area contributed by atoms with Crippen LogP contribution in [0.4, 0.5) is 0 Å². The van der Waals surface area contributed by atoms with Crippen LogP contribution in [0.5, 0.6) is 57.5 Å². The molecule has 10 bridgehead atoms. The van der Waals surface area contributed by atoms with Crippen molar-refractivity contribution in [1.82, 2.24) is 0 Å². The van der Waals surface area contributed by atoms with E-state index in [1.54, 1.807) is 35.5 Å². The van der Waals surface area contributed by atoms with E-state index in [0.29, 0.717) is 90.5 Å². The van der Waals surface area contributed by atoms with Crippen molar-refractivity contribution in [2.75, 3.05) is 68.6 Å². The Balaban J connectivity index is 1.83. The predicted octanol–water partition coefficient (Wildman–Crippen LogP) is 14.3. The summed E-state index contributed by atoms with van der Waals surface area (Å²) in [5, 5.41) is 0. The normalized spacial score (nSPS) is 11.2. The van der Waals surface area contributed by atoms with Crippen LogP contribution in [0, 0.1) is 0 Å². The van der Waals surface area contributed by atoms with Gasteiger partial charge in [0.15, 0.2) is 0 Å². The van der Waals surface area contributed by atoms with E-state index in [1.165, 1.54) is 0 Å². The van der Waals surface area contributed by atoms with E-state index >= 15 is 0 Å². The minimum atomic E-state index is 0.514. The Kier molecular flexibility index (Phi) is 17.8. The van der Waals surface area contributed by atoms with Crippen LogP contribution in [0.2, 0.25) is 0 Å². The minimum Gasteiger partial charge on any atom is -0.496 e. The molecule has 5 aromatic rings. The third kappa shape index (κ3) is 11.0. The molecule has 10 nitrogen and oxygen atoms in total. The zero-order chi connectivity index (χ0) is 46.3. The quantitative estimate of drug-likeness (QED) is 0.0517. The number of hydrogen-bond acceptors (Lipinski definition) is 10. The van der Waals surface area contributed by atoms with Crippen molar-refractivity contribution < 1.29 is 47.4 Å². The van der Waals surface area contributed by atoms with E-state index < -0.39 is 0 Å². The van der Waals surface area contributed by atoms with Crippen LogP contribution in [-0.4, -0.2) is 68.6 Å². The second-order valence-electron chi connectivity index (χ2n) is 16.3. The lowest BCUT2D eigenvalue weighted by Gasteiger charge is -2.24. The molecule has 13 aliphatic carbocycles. The molecular weight excluding hydrogens is 821 g/mol. The highest BCUT2D eigenvalue weighted by molar-refractivity contribution is 5.94. The third-order valence-corrected chi connectivity index (χ3v) is 11.7. The summed E-state index contributed by atoms with van der Waals surface area (Å²) in [4.78, 5) is 0. The summed E-state index contributed by atoms with van der Waals surface area (Å²) in [5.74, 6) is 6.41. The van der Waals surface area contributed by atoms with Crippen molar-refractivity contribution in [1.29, 1.82) is 0 Å². The van der Waals surface area contributed by atoms with Gasteiger partial charge in [-0.2, -0.15) is 0 Å². The molecule has 65 heavy (non-hydrogen) atoms. The highest BCUT2D eigenvalue weighted by atomic mass is 16.5. The van der Waals surface area contributed by atoms with Crippen molar-refractivity contribution in [3.63, 3.8) is 0 Å². The lowest BCUT2D eigenvalue weighted by atomic mass is 9.90. The molecule has 0 heterocycles. The third-order valence-electron chi connectivity index (χ3n) is 11.7. The first-order valence-corrected chi connectivity index (χ1v) is 23.6. The molecule has 10 heteroatoms. The zero-order valence-corrected chi connectivity index (χ0v) is 40.5. The molecule has 5 aromatic carbocycles. The first-order chi connectivity index (χ1) is 31.8. The molecule has 18 rings (SSSR count). The van der Waals surface area contributed by atoms with Gasteiger partial charge in [0.25, 0.3) is 0 Å². The standard InChI is InChI=1S/C55H70O10/c1-11-16-21-61-51-31-36-37-32-52(62-22-17-12-2)42(27-47(37)57-7)43-28-48(58-8)38(33-53(43)63-23-18-13-3)39-34-54(64-24-19-14-4)44(29-49(39)59-9)45-30-50(60-10)40(41(51)26-46(36)56-6)35-55(45)65-25-20-15-5/h26-35H,11-25H2,1-10H3. The van der Waals surface area contributed by atoms with Crippen molar-refractivity contribution in [2.45, 2.75) is 98.8 Å². The van der Waals surface area contributed by atoms with Crippen LogP contribution in [0.25, 0.3) is 55.6 Å². The Labute approximate surface area is 387 Å². The molecule has 0 fully saturated rings. The van der Waals surface area contributed by atoms with Gasteiger partial charge in [-0.05, 0) is 92.8 Å². The fourth-order valence-corrected chi connectivity index (χ4v) is 7.98. The Morgan fingerprint density at radius 2 is 0.369 bits per heavy atom. The maximum Gasteiger partial charge on any atom is 0.128 e. The van der Waals surface area contributed by atoms with Crippen LogP contribution >= 0.6 is 0 Å². The van der Waals surface area contributed by atoms with E-state index in [2.05, 4.69) is 40.7 Å². The van der Waals surface area contributed by atoms with Gasteiger partial charge in [0.05, 0.1) is 68.6 Å². The summed E-state index contributed by atoms with van der Waals surface area (Å²) in [7, 11) is 8.43. The summed E-state index contributed by atoms with van der Waals surface area (Å²) >= 11 is 0. The fraction of sp³-hybridized carbons (Fsp3) is 0.455. The van der Waals surface area contributed by atoms with Crippen LogP contribution in [0.3, 0.4) is 0 Å². The predicted molar refractivity (Wildman–Crippen MR) is 262 cm³/mol. The number of ether oxygens (including phenoxy) is 10. The summed E-state index contributed by atoms with van der Waals surface area (Å²) in [5.41, 5.74) is 7.91. The number of methoxy groups -OCH3 is 5. The highest BCUT2D eigenvalue weighted by Crippen LogP contribution is 2.54. The first kappa shape index (κ1) is 48.6. The number of benzene rings is 5. The van der Waals surface area contributed by atoms with Gasteiger partial charge >= 0.3 is 0 Å². The van der Waals surface area contributed by atoms with Crippen LogP contribution < -0.4 is 47.4 Å². The monoisotopic (exact) mass is 890 g/mol. The SMILES string of the molecule is CCCCOc1cc2c(OC)cc1-c1cc(OCCCC)c(cc1OC)-c1cc(OC)c(cc1OCCCC)-c1cc(OCCCC)c(cc1OC)-c1cc(OC)c-2cc1OCCCC. The smallest absolute Gasteiger partial charge is 0.128 e. The number of hydrogen-bond donors (Lipinski definition) is 0. The Hall–Kier alpha value is -5.90. The van der Waals surface area contributed by atoms with Crippen molar-refractivity contribution in [2.24, 2.45) is 0 Å². The van der Waals surface area contributed by atoms with Crippen LogP contribution in [0.15, 0.2) is 60.7 Å². The van der Waals surface area contributed by atoms with Crippen LogP contribution in [0.1, 0.15) is 98.8 Å². The molecular formula is C55H70O10. The second-order valence-corrected chi connectivity index (χ2v) is 16.3. The van der Waals surface area contributed by atoms with E-state index in [9.17, 15) is 0 Å². The highest BCUT2D eigenvalue weighted by Gasteiger charge is 2.28. The van der Waals surface area contributed by atoms with Crippen LogP contribution in [-0.2, 0) is 0 Å². The average Bonchev–Trinajstić information content (AvgIpc) is 3.33. The molecule has 0 aromatic heterocycles. The Bertz CT molecular complexity index is 2350. The average molecular weight is 891 g/mol. The lowest BCUT2D eigenvalue weighted by Crippen LogP contribution is -2.05. The maximum absolute atomic E-state index is 6.75. The minimum absolute atomic E-state index is 0.514. The van der Waals surface area contributed by atoms with Crippen molar-refractivity contribution >= 4 is 0 Å². The van der Waals surface area contributed by atoms with Gasteiger partial charge in [0, 0.05) is 55.6 Å². The molecule has 0 saturated heterocycles. The summed E-state index contributed by atoms with van der Waals surface area (Å²) in [6.07, 6.45) is 9.24. The van der Waals surface area contributed by atoms with Gasteiger partial charge in [0.2, 0.25) is 0 Å². The van der Waals surface area contributed by atoms with E-state index in [1.807, 2.05) is 54.6 Å². The fourth-order valence-electron chi connectivity index (χ4n) is 7.98. The van der Waals surface area contributed by atoms with Gasteiger partial charge in [-0.15, -0.1) is 0 Å². The zero-order valence-electron chi connectivity index (χ0n) is 40.5. The topological polar surface area (TPSA) is 92.3 Å². The molecule has 13 aliphatic rings. The molecule has 0 atom stereocenters. The molecule has 350 valence electrons. The second kappa shape index (κ2) is 23.9. The molecule has 0 spiro atoms. The van der Waals surface area contributed by atoms with E-state index in [4.69, 9.17) is 47.4 Å². The van der Waals surface area contributed by atoms with Gasteiger partial charge in [-0.25, -0.2) is 0 Å². The van der Waals surface area contributed by atoms with Crippen molar-refractivity contribution in [3.8, 4) is 113 Å². The van der Waals surface area contributed by atoms with E-state index in [0.717, 1.165) is 120 Å². The molecule has 0 N–H and O–H groups in total. The maximum atomic E-state index is 6.75. The van der Waals surface area contributed by atoms with Gasteiger partial charge < -0.3 is 47.4 Å². The Morgan fingerprint density at radius 1 is 0.231 bits per heavy atom. The molecule has 0 unspecified atom stereocenters. The number of unbranched alkanes of at least 4 members (excludes halogenated alkanes) is 5. The van der Waals surface area contributed by atoms with E-state index in [-0.39, 0.29) is 0 Å². The largest absolute Gasteiger partial charge is 0.496 e. The van der Waals surface area contributed by atoms with Gasteiger partial charge in [-0.1, -0.05) is 66.7 Å². The van der Waals surface area contributed by atoms with Gasteiger partial charge in [-0.3, -0.25) is 0 Å². The summed E-state index contributed by atoms with van der Waals surface area (Å²) in [6.45, 7) is 13.4. The number of rotatable bonds is 25. The summed E-state index contributed by atoms with van der Waals surface area (Å²) in [6, 6.07) is 20.4. The Morgan fingerprint density at radius 3 is 0.508 bits per heavy atom. The molecule has 0 amide bonds. The van der Waals surface area contributed by atoms with Crippen molar-refractivity contribution in [3.05, 3.63) is 60.7 Å². The molecule has 0 radical (unpaired) electrons. The lowest BCUT2D eigenvalue weighted by molar-refractivity contribution is 0.305. The summed E-state index contributed by atoms with van der Waals surface area (Å²) < 4.78 is 65.1. The molecule has 0 aliphatic heterocycles.